The van der Waals surface area contributed by atoms with Gasteiger partial charge in [-0.2, -0.15) is 0 Å². The molecule has 0 bridgehead atoms. The van der Waals surface area contributed by atoms with Crippen molar-refractivity contribution in [3.05, 3.63) is 39.4 Å². The third-order valence-electron chi connectivity index (χ3n) is 6.75. The molecular weight excluding hydrogens is 346 g/mol. The fraction of sp³-hybridized carbons (Fsp3) is 0.619. The molecule has 0 radical (unpaired) electrons. The molecule has 5 heteroatoms. The molecule has 1 aliphatic heterocycles. The molecular formula is C21H28ClN3O. The van der Waals surface area contributed by atoms with Gasteiger partial charge in [-0.05, 0) is 62.1 Å². The smallest absolute Gasteiger partial charge is 0.261 e. The molecule has 26 heavy (non-hydrogen) atoms. The summed E-state index contributed by atoms with van der Waals surface area (Å²) in [5.41, 5.74) is 9.78. The van der Waals surface area contributed by atoms with Crippen LogP contribution in [0.25, 0.3) is 10.9 Å². The van der Waals surface area contributed by atoms with Crippen molar-refractivity contribution in [3.8, 4) is 0 Å². The summed E-state index contributed by atoms with van der Waals surface area (Å²) < 4.78 is 1.98. The van der Waals surface area contributed by atoms with Crippen LogP contribution in [-0.2, 0) is 12.0 Å². The molecule has 2 aromatic rings. The van der Waals surface area contributed by atoms with Crippen molar-refractivity contribution in [2.45, 2.75) is 82.2 Å². The average molecular weight is 374 g/mol. The fourth-order valence-corrected chi connectivity index (χ4v) is 5.13. The number of hydrogen-bond acceptors (Lipinski definition) is 3. The Bertz CT molecular complexity index is 908. The van der Waals surface area contributed by atoms with E-state index in [-0.39, 0.29) is 29.4 Å². The van der Waals surface area contributed by atoms with Crippen molar-refractivity contribution < 1.29 is 0 Å². The van der Waals surface area contributed by atoms with Crippen molar-refractivity contribution in [1.82, 2.24) is 9.55 Å². The first-order valence-corrected chi connectivity index (χ1v) is 9.93. The topological polar surface area (TPSA) is 60.9 Å². The van der Waals surface area contributed by atoms with Crippen LogP contribution in [0.3, 0.4) is 0 Å². The second-order valence-corrected chi connectivity index (χ2v) is 8.55. The van der Waals surface area contributed by atoms with Crippen LogP contribution in [0.4, 0.5) is 0 Å². The van der Waals surface area contributed by atoms with E-state index in [2.05, 4.69) is 12.1 Å². The monoisotopic (exact) mass is 373 g/mol. The summed E-state index contributed by atoms with van der Waals surface area (Å²) in [5.74, 6) is 1.66. The summed E-state index contributed by atoms with van der Waals surface area (Å²) >= 11 is 0. The molecule has 0 amide bonds. The van der Waals surface area contributed by atoms with Crippen LogP contribution in [-0.4, -0.2) is 9.55 Å². The van der Waals surface area contributed by atoms with E-state index in [4.69, 9.17) is 10.7 Å². The summed E-state index contributed by atoms with van der Waals surface area (Å²) in [6.45, 7) is 2.84. The van der Waals surface area contributed by atoms with Crippen LogP contribution < -0.4 is 11.3 Å². The molecule has 2 saturated carbocycles. The number of hydrogen-bond donors (Lipinski definition) is 1. The van der Waals surface area contributed by atoms with E-state index in [1.54, 1.807) is 0 Å². The van der Waals surface area contributed by atoms with E-state index >= 15 is 0 Å². The maximum Gasteiger partial charge on any atom is 0.261 e. The standard InChI is InChI=1S/C21H27N3O.ClH/c1-13(22)16-11-15(14-5-6-14)12-17-18(16)23-20-21(7-3-2-4-8-21)9-10-24(20)19(17)25;/h11-14H,2-10,22H2,1H3;1H/t13-;/m1./s1. The third kappa shape index (κ3) is 2.61. The lowest BCUT2D eigenvalue weighted by Gasteiger charge is -2.32. The van der Waals surface area contributed by atoms with E-state index in [1.165, 1.54) is 50.5 Å². The fourth-order valence-electron chi connectivity index (χ4n) is 5.13. The van der Waals surface area contributed by atoms with Gasteiger partial charge >= 0.3 is 0 Å². The minimum absolute atomic E-state index is 0. The Morgan fingerprint density at radius 3 is 2.58 bits per heavy atom. The highest BCUT2D eigenvalue weighted by atomic mass is 35.5. The Hall–Kier alpha value is -1.39. The SMILES string of the molecule is C[C@@H](N)c1cc(C2CC2)cc2c(=O)n3c(nc12)C1(CCCCC1)CC3.Cl. The summed E-state index contributed by atoms with van der Waals surface area (Å²) in [6.07, 6.45) is 9.73. The van der Waals surface area contributed by atoms with Crippen LogP contribution in [0, 0.1) is 0 Å². The highest BCUT2D eigenvalue weighted by Crippen LogP contribution is 2.46. The van der Waals surface area contributed by atoms with E-state index in [0.29, 0.717) is 5.92 Å². The molecule has 2 N–H and O–H groups in total. The largest absolute Gasteiger partial charge is 0.324 e. The maximum absolute atomic E-state index is 13.3. The van der Waals surface area contributed by atoms with Gasteiger partial charge in [-0.3, -0.25) is 9.36 Å². The van der Waals surface area contributed by atoms with E-state index < -0.39 is 0 Å². The lowest BCUT2D eigenvalue weighted by molar-refractivity contribution is 0.286. The highest BCUT2D eigenvalue weighted by Gasteiger charge is 2.42. The Morgan fingerprint density at radius 1 is 1.19 bits per heavy atom. The molecule has 0 unspecified atom stereocenters. The molecule has 2 fully saturated rings. The molecule has 140 valence electrons. The van der Waals surface area contributed by atoms with Gasteiger partial charge in [0.25, 0.3) is 5.56 Å². The molecule has 1 spiro atoms. The highest BCUT2D eigenvalue weighted by molar-refractivity contribution is 5.85. The van der Waals surface area contributed by atoms with Gasteiger partial charge in [0.1, 0.15) is 5.82 Å². The molecule has 2 aliphatic carbocycles. The summed E-state index contributed by atoms with van der Waals surface area (Å²) in [5, 5.41) is 0.785. The van der Waals surface area contributed by atoms with Crippen LogP contribution in [0.2, 0.25) is 0 Å². The summed E-state index contributed by atoms with van der Waals surface area (Å²) in [7, 11) is 0. The van der Waals surface area contributed by atoms with E-state index in [0.717, 1.165) is 35.3 Å². The van der Waals surface area contributed by atoms with E-state index in [1.807, 2.05) is 11.5 Å². The molecule has 2 heterocycles. The molecule has 3 aliphatic rings. The number of nitrogens with two attached hydrogens (primary N) is 1. The zero-order valence-corrected chi connectivity index (χ0v) is 16.3. The minimum Gasteiger partial charge on any atom is -0.324 e. The van der Waals surface area contributed by atoms with Gasteiger partial charge in [0.15, 0.2) is 0 Å². The van der Waals surface area contributed by atoms with Crippen LogP contribution in [0.1, 0.15) is 87.2 Å². The van der Waals surface area contributed by atoms with Gasteiger partial charge in [0.05, 0.1) is 10.9 Å². The molecule has 1 atom stereocenters. The van der Waals surface area contributed by atoms with Crippen molar-refractivity contribution >= 4 is 23.3 Å². The zero-order valence-electron chi connectivity index (χ0n) is 15.5. The van der Waals surface area contributed by atoms with Gasteiger partial charge in [-0.15, -0.1) is 12.4 Å². The molecule has 0 saturated heterocycles. The van der Waals surface area contributed by atoms with Crippen LogP contribution >= 0.6 is 12.4 Å². The normalized spacial score (nSPS) is 22.2. The molecule has 5 rings (SSSR count). The third-order valence-corrected chi connectivity index (χ3v) is 6.75. The molecule has 4 nitrogen and oxygen atoms in total. The minimum atomic E-state index is -0.0974. The predicted octanol–water partition coefficient (Wildman–Crippen LogP) is 4.32. The van der Waals surface area contributed by atoms with Crippen molar-refractivity contribution in [1.29, 1.82) is 0 Å². The second-order valence-electron chi connectivity index (χ2n) is 8.55. The first kappa shape index (κ1) is 18.0. The zero-order chi connectivity index (χ0) is 17.2. The number of benzene rings is 1. The number of halogens is 1. The average Bonchev–Trinajstić information content (AvgIpc) is 3.41. The van der Waals surface area contributed by atoms with Crippen LogP contribution in [0.15, 0.2) is 16.9 Å². The van der Waals surface area contributed by atoms with Gasteiger partial charge < -0.3 is 5.73 Å². The first-order valence-electron chi connectivity index (χ1n) is 9.93. The Balaban J connectivity index is 0.00000168. The predicted molar refractivity (Wildman–Crippen MR) is 107 cm³/mol. The second kappa shape index (κ2) is 6.35. The summed E-state index contributed by atoms with van der Waals surface area (Å²) in [6, 6.07) is 4.23. The van der Waals surface area contributed by atoms with Gasteiger partial charge in [-0.25, -0.2) is 4.98 Å². The Kier molecular flexibility index (Phi) is 4.39. The van der Waals surface area contributed by atoms with Gasteiger partial charge in [0.2, 0.25) is 0 Å². The summed E-state index contributed by atoms with van der Waals surface area (Å²) in [4.78, 5) is 18.4. The van der Waals surface area contributed by atoms with Gasteiger partial charge in [0, 0.05) is 18.0 Å². The number of fused-ring (bicyclic) bond motifs is 3. The molecule has 1 aromatic carbocycles. The Morgan fingerprint density at radius 2 is 1.92 bits per heavy atom. The van der Waals surface area contributed by atoms with Crippen molar-refractivity contribution in [2.24, 2.45) is 5.73 Å². The van der Waals surface area contributed by atoms with E-state index in [9.17, 15) is 4.79 Å². The van der Waals surface area contributed by atoms with Crippen molar-refractivity contribution in [3.63, 3.8) is 0 Å². The molecule has 1 aromatic heterocycles. The van der Waals surface area contributed by atoms with Crippen molar-refractivity contribution in [2.75, 3.05) is 0 Å². The lowest BCUT2D eigenvalue weighted by Crippen LogP contribution is -2.31. The maximum atomic E-state index is 13.3. The Labute approximate surface area is 160 Å². The lowest BCUT2D eigenvalue weighted by atomic mass is 9.72. The number of aromatic nitrogens is 2. The quantitative estimate of drug-likeness (QED) is 0.852. The first-order chi connectivity index (χ1) is 12.1. The number of rotatable bonds is 2. The number of nitrogens with zero attached hydrogens (tertiary/aromatic N) is 2. The van der Waals surface area contributed by atoms with Gasteiger partial charge in [-0.1, -0.05) is 25.3 Å². The van der Waals surface area contributed by atoms with Crippen LogP contribution in [0.5, 0.6) is 0 Å².